The molecule has 1 saturated heterocycles. The van der Waals surface area contributed by atoms with Crippen molar-refractivity contribution in [1.29, 1.82) is 0 Å². The molecule has 1 aliphatic carbocycles. The van der Waals surface area contributed by atoms with Crippen molar-refractivity contribution in [3.8, 4) is 0 Å². The van der Waals surface area contributed by atoms with Gasteiger partial charge in [-0.25, -0.2) is 0 Å². The molecule has 0 aromatic rings. The largest absolute Gasteiger partial charge is 0.393 e. The molecule has 4 nitrogen and oxygen atoms in total. The molecule has 2 aliphatic rings. The Morgan fingerprint density at radius 1 is 1.25 bits per heavy atom. The lowest BCUT2D eigenvalue weighted by molar-refractivity contribution is -0.122. The maximum absolute atomic E-state index is 11.7. The molecule has 3 atom stereocenters. The summed E-state index contributed by atoms with van der Waals surface area (Å²) >= 11 is 0. The fraction of sp³-hybridized carbons (Fsp3) is 0.917. The summed E-state index contributed by atoms with van der Waals surface area (Å²) in [5, 5.41) is 15.9. The lowest BCUT2D eigenvalue weighted by atomic mass is 10.0. The minimum atomic E-state index is -0.165. The third-order valence-corrected chi connectivity index (χ3v) is 3.78. The van der Waals surface area contributed by atoms with E-state index in [0.717, 1.165) is 51.6 Å². The van der Waals surface area contributed by atoms with Gasteiger partial charge in [-0.05, 0) is 38.0 Å². The van der Waals surface area contributed by atoms with Crippen molar-refractivity contribution in [1.82, 2.24) is 10.6 Å². The second-order valence-electron chi connectivity index (χ2n) is 5.01. The van der Waals surface area contributed by atoms with Crippen molar-refractivity contribution >= 4 is 5.91 Å². The summed E-state index contributed by atoms with van der Waals surface area (Å²) in [6.45, 7) is 1.59. The number of carbonyl (C=O) groups excluding carboxylic acids is 1. The van der Waals surface area contributed by atoms with Crippen LogP contribution in [-0.4, -0.2) is 36.2 Å². The fourth-order valence-electron chi connectivity index (χ4n) is 2.68. The number of amides is 1. The van der Waals surface area contributed by atoms with E-state index in [1.54, 1.807) is 0 Å². The number of hydrogen-bond acceptors (Lipinski definition) is 3. The van der Waals surface area contributed by atoms with Crippen LogP contribution in [0.5, 0.6) is 0 Å². The quantitative estimate of drug-likeness (QED) is 0.653. The molecule has 1 heterocycles. The van der Waals surface area contributed by atoms with Gasteiger partial charge < -0.3 is 15.7 Å². The van der Waals surface area contributed by atoms with Crippen molar-refractivity contribution in [3.05, 3.63) is 0 Å². The van der Waals surface area contributed by atoms with Crippen LogP contribution >= 0.6 is 0 Å². The van der Waals surface area contributed by atoms with Gasteiger partial charge in [-0.3, -0.25) is 4.79 Å². The normalized spacial score (nSPS) is 35.8. The maximum atomic E-state index is 11.7. The molecule has 3 unspecified atom stereocenters. The molecular formula is C12H22N2O2. The Morgan fingerprint density at radius 2 is 2.12 bits per heavy atom. The third kappa shape index (κ3) is 2.95. The molecule has 4 heteroatoms. The Hall–Kier alpha value is -0.610. The molecule has 1 aliphatic heterocycles. The van der Waals surface area contributed by atoms with Gasteiger partial charge in [-0.1, -0.05) is 6.42 Å². The highest BCUT2D eigenvalue weighted by Gasteiger charge is 2.27. The van der Waals surface area contributed by atoms with Crippen LogP contribution < -0.4 is 10.6 Å². The number of rotatable bonds is 3. The molecule has 1 saturated carbocycles. The van der Waals surface area contributed by atoms with Crippen LogP contribution in [0.1, 0.15) is 38.5 Å². The van der Waals surface area contributed by atoms with Gasteiger partial charge in [-0.15, -0.1) is 0 Å². The highest BCUT2D eigenvalue weighted by atomic mass is 16.3. The van der Waals surface area contributed by atoms with E-state index in [0.29, 0.717) is 5.92 Å². The highest BCUT2D eigenvalue weighted by Crippen LogP contribution is 2.24. The zero-order chi connectivity index (χ0) is 11.4. The maximum Gasteiger partial charge on any atom is 0.237 e. The first-order valence-electron chi connectivity index (χ1n) is 6.46. The average Bonchev–Trinajstić information content (AvgIpc) is 2.56. The molecule has 0 aromatic heterocycles. The van der Waals surface area contributed by atoms with E-state index in [2.05, 4.69) is 10.6 Å². The number of carbonyl (C=O) groups is 1. The Labute approximate surface area is 96.8 Å². The van der Waals surface area contributed by atoms with Crippen LogP contribution in [0.15, 0.2) is 0 Å². The van der Waals surface area contributed by atoms with Gasteiger partial charge in [0.1, 0.15) is 0 Å². The minimum absolute atomic E-state index is 0.0460. The van der Waals surface area contributed by atoms with Crippen LogP contribution in [-0.2, 0) is 4.79 Å². The lowest BCUT2D eigenvalue weighted by Crippen LogP contribution is -2.45. The Bertz CT molecular complexity index is 245. The van der Waals surface area contributed by atoms with Gasteiger partial charge in [0.15, 0.2) is 0 Å². The summed E-state index contributed by atoms with van der Waals surface area (Å²) in [5.41, 5.74) is 0. The predicted octanol–water partition coefficient (Wildman–Crippen LogP) is 0.406. The van der Waals surface area contributed by atoms with Gasteiger partial charge in [0.2, 0.25) is 5.91 Å². The smallest absolute Gasteiger partial charge is 0.237 e. The van der Waals surface area contributed by atoms with Crippen molar-refractivity contribution < 1.29 is 9.90 Å². The van der Waals surface area contributed by atoms with E-state index in [4.69, 9.17) is 0 Å². The molecule has 1 amide bonds. The van der Waals surface area contributed by atoms with Crippen molar-refractivity contribution in [2.24, 2.45) is 5.92 Å². The lowest BCUT2D eigenvalue weighted by Gasteiger charge is -2.20. The van der Waals surface area contributed by atoms with E-state index < -0.39 is 0 Å². The van der Waals surface area contributed by atoms with Crippen LogP contribution in [0.2, 0.25) is 0 Å². The van der Waals surface area contributed by atoms with Crippen LogP contribution in [0.4, 0.5) is 0 Å². The van der Waals surface area contributed by atoms with Crippen molar-refractivity contribution in [2.45, 2.75) is 50.7 Å². The number of aliphatic hydroxyl groups is 1. The summed E-state index contributed by atoms with van der Waals surface area (Å²) < 4.78 is 0. The van der Waals surface area contributed by atoms with E-state index in [9.17, 15) is 9.90 Å². The Morgan fingerprint density at radius 3 is 2.88 bits per heavy atom. The number of aliphatic hydroxyl groups excluding tert-OH is 1. The Balaban J connectivity index is 1.77. The highest BCUT2D eigenvalue weighted by molar-refractivity contribution is 5.81. The van der Waals surface area contributed by atoms with Crippen LogP contribution in [0, 0.1) is 5.92 Å². The fourth-order valence-corrected chi connectivity index (χ4v) is 2.68. The van der Waals surface area contributed by atoms with Gasteiger partial charge in [-0.2, -0.15) is 0 Å². The van der Waals surface area contributed by atoms with E-state index in [-0.39, 0.29) is 18.1 Å². The second-order valence-corrected chi connectivity index (χ2v) is 5.01. The molecule has 3 N–H and O–H groups in total. The van der Waals surface area contributed by atoms with Crippen LogP contribution in [0.25, 0.3) is 0 Å². The molecule has 0 bridgehead atoms. The van der Waals surface area contributed by atoms with E-state index >= 15 is 0 Å². The van der Waals surface area contributed by atoms with Gasteiger partial charge in [0.25, 0.3) is 0 Å². The van der Waals surface area contributed by atoms with Gasteiger partial charge >= 0.3 is 0 Å². The molecule has 2 rings (SSSR count). The number of nitrogens with one attached hydrogen (secondary N) is 2. The molecule has 16 heavy (non-hydrogen) atoms. The minimum Gasteiger partial charge on any atom is -0.393 e. The van der Waals surface area contributed by atoms with Gasteiger partial charge in [0.05, 0.1) is 12.1 Å². The Kier molecular flexibility index (Phi) is 4.18. The molecule has 0 spiro atoms. The molecule has 92 valence electrons. The SMILES string of the molecule is O=C1NCCCCC1NCC1CCCC1O. The standard InChI is InChI=1S/C12H22N2O2/c15-11-6-3-4-9(11)8-14-10-5-1-2-7-13-12(10)16/h9-11,14-15H,1-8H2,(H,13,16). The first kappa shape index (κ1) is 11.9. The summed E-state index contributed by atoms with van der Waals surface area (Å²) in [4.78, 5) is 11.7. The van der Waals surface area contributed by atoms with Crippen molar-refractivity contribution in [2.75, 3.05) is 13.1 Å². The third-order valence-electron chi connectivity index (χ3n) is 3.78. The van der Waals surface area contributed by atoms with E-state index in [1.165, 1.54) is 0 Å². The molecule has 0 aromatic carbocycles. The first-order chi connectivity index (χ1) is 7.77. The zero-order valence-corrected chi connectivity index (χ0v) is 9.74. The summed E-state index contributed by atoms with van der Waals surface area (Å²) in [5.74, 6) is 0.473. The summed E-state index contributed by atoms with van der Waals surface area (Å²) in [6.07, 6.45) is 6.06. The molecule has 0 radical (unpaired) electrons. The predicted molar refractivity (Wildman–Crippen MR) is 62.0 cm³/mol. The van der Waals surface area contributed by atoms with Crippen molar-refractivity contribution in [3.63, 3.8) is 0 Å². The molecule has 2 fully saturated rings. The van der Waals surface area contributed by atoms with Gasteiger partial charge in [0, 0.05) is 13.1 Å². The zero-order valence-electron chi connectivity index (χ0n) is 9.74. The summed E-state index contributed by atoms with van der Waals surface area (Å²) in [6, 6.07) is -0.0460. The summed E-state index contributed by atoms with van der Waals surface area (Å²) in [7, 11) is 0. The molecular weight excluding hydrogens is 204 g/mol. The van der Waals surface area contributed by atoms with E-state index in [1.807, 2.05) is 0 Å². The average molecular weight is 226 g/mol. The van der Waals surface area contributed by atoms with Crippen LogP contribution in [0.3, 0.4) is 0 Å². The monoisotopic (exact) mass is 226 g/mol. The first-order valence-corrected chi connectivity index (χ1v) is 6.46. The number of hydrogen-bond donors (Lipinski definition) is 3. The second kappa shape index (κ2) is 5.64. The topological polar surface area (TPSA) is 61.4 Å².